The van der Waals surface area contributed by atoms with Gasteiger partial charge >= 0.3 is 0 Å². The number of ether oxygens (including phenoxy) is 1. The predicted octanol–water partition coefficient (Wildman–Crippen LogP) is 4.86. The number of hydrogen-bond donors (Lipinski definition) is 1. The van der Waals surface area contributed by atoms with Crippen molar-refractivity contribution in [3.8, 4) is 0 Å². The maximum Gasteiger partial charge on any atom is 0.273 e. The lowest BCUT2D eigenvalue weighted by atomic mass is 10.00. The van der Waals surface area contributed by atoms with E-state index in [0.717, 1.165) is 12.0 Å². The van der Waals surface area contributed by atoms with Crippen LogP contribution in [0.25, 0.3) is 0 Å². The molecule has 0 aromatic heterocycles. The van der Waals surface area contributed by atoms with E-state index < -0.39 is 11.0 Å². The average Bonchev–Trinajstić information content (AvgIpc) is 3.14. The van der Waals surface area contributed by atoms with Crippen molar-refractivity contribution in [3.05, 3.63) is 69.7 Å². The van der Waals surface area contributed by atoms with Crippen LogP contribution in [0.3, 0.4) is 0 Å². The number of halogens is 2. The summed E-state index contributed by atoms with van der Waals surface area (Å²) >= 11 is 14.1. The van der Waals surface area contributed by atoms with Crippen LogP contribution in [0.1, 0.15) is 30.9 Å². The molecule has 1 aliphatic rings. The molecule has 1 amide bonds. The smallest absolute Gasteiger partial charge is 0.273 e. The number of carbonyl (C=O) groups excluding carboxylic acids is 1. The number of methoxy groups -OCH3 is 1. The molecule has 1 unspecified atom stereocenters. The number of hydrogen-bond acceptors (Lipinski definition) is 5. The molecule has 2 aromatic rings. The summed E-state index contributed by atoms with van der Waals surface area (Å²) in [6, 6.07) is 15.1. The molecule has 0 radical (unpaired) electrons. The minimum atomic E-state index is -0.745. The SMILES string of the molecule is CO[C@@H](C)C(=O)N1N=C(c2cc(Cl)ccc2Cl)SC1(CCCN)c1ccccc1. The summed E-state index contributed by atoms with van der Waals surface area (Å²) in [6.07, 6.45) is 0.708. The lowest BCUT2D eigenvalue weighted by Crippen LogP contribution is -2.46. The monoisotopic (exact) mass is 451 g/mol. The molecular weight excluding hydrogens is 429 g/mol. The normalized spacial score (nSPS) is 19.9. The van der Waals surface area contributed by atoms with Crippen LogP contribution in [-0.4, -0.2) is 35.7 Å². The first-order valence-electron chi connectivity index (χ1n) is 9.28. The van der Waals surface area contributed by atoms with Crippen LogP contribution in [0.2, 0.25) is 10.0 Å². The van der Waals surface area contributed by atoms with Crippen LogP contribution in [0.4, 0.5) is 0 Å². The highest BCUT2D eigenvalue weighted by Crippen LogP contribution is 2.51. The third kappa shape index (κ3) is 4.47. The fraction of sp³-hybridized carbons (Fsp3) is 0.333. The van der Waals surface area contributed by atoms with Crippen molar-refractivity contribution in [3.63, 3.8) is 0 Å². The molecule has 0 fully saturated rings. The van der Waals surface area contributed by atoms with Crippen LogP contribution in [-0.2, 0) is 14.4 Å². The Labute approximate surface area is 185 Å². The molecule has 5 nitrogen and oxygen atoms in total. The summed E-state index contributed by atoms with van der Waals surface area (Å²) < 4.78 is 5.30. The van der Waals surface area contributed by atoms with Crippen LogP contribution in [0.15, 0.2) is 53.6 Å². The quantitative estimate of drug-likeness (QED) is 0.652. The molecule has 2 aromatic carbocycles. The molecule has 1 heterocycles. The van der Waals surface area contributed by atoms with E-state index in [1.54, 1.807) is 25.1 Å². The molecule has 0 aliphatic carbocycles. The molecule has 29 heavy (non-hydrogen) atoms. The maximum absolute atomic E-state index is 13.2. The predicted molar refractivity (Wildman–Crippen MR) is 120 cm³/mol. The minimum Gasteiger partial charge on any atom is -0.372 e. The molecule has 0 bridgehead atoms. The van der Waals surface area contributed by atoms with Crippen LogP contribution in [0, 0.1) is 0 Å². The van der Waals surface area contributed by atoms with E-state index in [4.69, 9.17) is 38.8 Å². The summed E-state index contributed by atoms with van der Waals surface area (Å²) in [7, 11) is 1.51. The Morgan fingerprint density at radius 3 is 2.66 bits per heavy atom. The van der Waals surface area contributed by atoms with E-state index in [9.17, 15) is 4.79 Å². The standard InChI is InChI=1S/C21H23Cl2N3O2S/c1-14(28-2)20(27)26-21(11-6-12-24,15-7-4-3-5-8-15)29-19(25-26)17-13-16(22)9-10-18(17)23/h3-5,7-10,13-14H,6,11-12,24H2,1-2H3/t14-,21?/m0/s1. The zero-order valence-electron chi connectivity index (χ0n) is 16.3. The van der Waals surface area contributed by atoms with Gasteiger partial charge < -0.3 is 10.5 Å². The first-order valence-corrected chi connectivity index (χ1v) is 10.9. The summed E-state index contributed by atoms with van der Waals surface area (Å²) in [5.74, 6) is -0.228. The Bertz CT molecular complexity index is 910. The second-order valence-electron chi connectivity index (χ2n) is 6.70. The summed E-state index contributed by atoms with van der Waals surface area (Å²) in [5.41, 5.74) is 7.48. The highest BCUT2D eigenvalue weighted by Gasteiger charge is 2.49. The average molecular weight is 452 g/mol. The van der Waals surface area contributed by atoms with Crippen LogP contribution >= 0.6 is 35.0 Å². The van der Waals surface area contributed by atoms with Crippen molar-refractivity contribution in [2.75, 3.05) is 13.7 Å². The molecule has 0 saturated carbocycles. The van der Waals surface area contributed by atoms with Crippen molar-refractivity contribution >= 4 is 45.9 Å². The summed E-state index contributed by atoms with van der Waals surface area (Å²) in [6.45, 7) is 2.22. The van der Waals surface area contributed by atoms with Crippen molar-refractivity contribution in [1.29, 1.82) is 0 Å². The number of hydrazone groups is 1. The molecular formula is C21H23Cl2N3O2S. The number of carbonyl (C=O) groups is 1. The van der Waals surface area contributed by atoms with Gasteiger partial charge in [0, 0.05) is 17.7 Å². The van der Waals surface area contributed by atoms with Gasteiger partial charge in [-0.25, -0.2) is 5.01 Å². The van der Waals surface area contributed by atoms with Gasteiger partial charge in [0.15, 0.2) is 0 Å². The summed E-state index contributed by atoms with van der Waals surface area (Å²) in [4.78, 5) is 12.5. The van der Waals surface area contributed by atoms with E-state index in [1.807, 2.05) is 30.3 Å². The van der Waals surface area contributed by atoms with Gasteiger partial charge in [-0.15, -0.1) is 0 Å². The maximum atomic E-state index is 13.2. The second kappa shape index (κ2) is 9.49. The number of benzene rings is 2. The van der Waals surface area contributed by atoms with Crippen molar-refractivity contribution in [2.24, 2.45) is 10.8 Å². The zero-order valence-corrected chi connectivity index (χ0v) is 18.6. The highest BCUT2D eigenvalue weighted by molar-refractivity contribution is 8.15. The number of thioether (sulfide) groups is 1. The second-order valence-corrected chi connectivity index (χ2v) is 8.81. The molecule has 2 atom stereocenters. The van der Waals surface area contributed by atoms with Crippen molar-refractivity contribution < 1.29 is 9.53 Å². The van der Waals surface area contributed by atoms with Crippen LogP contribution < -0.4 is 5.73 Å². The minimum absolute atomic E-state index is 0.228. The van der Waals surface area contributed by atoms with Crippen molar-refractivity contribution in [1.82, 2.24) is 5.01 Å². The van der Waals surface area contributed by atoms with Gasteiger partial charge in [-0.05, 0) is 50.1 Å². The van der Waals surface area contributed by atoms with Gasteiger partial charge in [0.25, 0.3) is 5.91 Å². The Balaban J connectivity index is 2.15. The van der Waals surface area contributed by atoms with E-state index in [2.05, 4.69) is 0 Å². The first kappa shape index (κ1) is 22.1. The fourth-order valence-electron chi connectivity index (χ4n) is 3.19. The first-order chi connectivity index (χ1) is 13.9. The third-order valence-electron chi connectivity index (χ3n) is 4.81. The van der Waals surface area contributed by atoms with Crippen molar-refractivity contribution in [2.45, 2.75) is 30.7 Å². The third-order valence-corrected chi connectivity index (χ3v) is 6.82. The molecule has 3 rings (SSSR count). The molecule has 1 aliphatic heterocycles. The van der Waals surface area contributed by atoms with Gasteiger partial charge in [0.05, 0.1) is 5.02 Å². The molecule has 0 spiro atoms. The molecule has 2 N–H and O–H groups in total. The number of amides is 1. The highest BCUT2D eigenvalue weighted by atomic mass is 35.5. The van der Waals surface area contributed by atoms with E-state index >= 15 is 0 Å². The largest absolute Gasteiger partial charge is 0.372 e. The zero-order chi connectivity index (χ0) is 21.0. The Morgan fingerprint density at radius 2 is 2.00 bits per heavy atom. The lowest BCUT2D eigenvalue weighted by Gasteiger charge is -2.36. The lowest BCUT2D eigenvalue weighted by molar-refractivity contribution is -0.144. The molecule has 8 heteroatoms. The molecule has 154 valence electrons. The topological polar surface area (TPSA) is 67.9 Å². The van der Waals surface area contributed by atoms with Gasteiger partial charge in [0.2, 0.25) is 0 Å². The Kier molecular flexibility index (Phi) is 7.24. The van der Waals surface area contributed by atoms with Gasteiger partial charge in [-0.1, -0.05) is 65.3 Å². The van der Waals surface area contributed by atoms with E-state index in [1.165, 1.54) is 23.9 Å². The Hall–Kier alpha value is -1.57. The summed E-state index contributed by atoms with van der Waals surface area (Å²) in [5, 5.41) is 7.95. The Morgan fingerprint density at radius 1 is 1.28 bits per heavy atom. The van der Waals surface area contributed by atoms with E-state index in [0.29, 0.717) is 33.6 Å². The van der Waals surface area contributed by atoms with Crippen LogP contribution in [0.5, 0.6) is 0 Å². The fourth-order valence-corrected chi connectivity index (χ4v) is 5.06. The number of nitrogens with two attached hydrogens (primary N) is 1. The van der Waals surface area contributed by atoms with Gasteiger partial charge in [-0.2, -0.15) is 5.10 Å². The van der Waals surface area contributed by atoms with Gasteiger partial charge in [0.1, 0.15) is 16.0 Å². The van der Waals surface area contributed by atoms with Gasteiger partial charge in [-0.3, -0.25) is 4.79 Å². The number of rotatable bonds is 7. The molecule has 0 saturated heterocycles. The number of nitrogens with zero attached hydrogens (tertiary/aromatic N) is 2. The van der Waals surface area contributed by atoms with E-state index in [-0.39, 0.29) is 5.91 Å².